The fraction of sp³-hybridized carbons (Fsp3) is 0.222. The summed E-state index contributed by atoms with van der Waals surface area (Å²) in [7, 11) is 1.73. The summed E-state index contributed by atoms with van der Waals surface area (Å²) in [6, 6.07) is 0. The van der Waals surface area contributed by atoms with E-state index in [-0.39, 0.29) is 5.56 Å². The lowest BCUT2D eigenvalue weighted by Gasteiger charge is -1.99. The molecule has 5 nitrogen and oxygen atoms in total. The van der Waals surface area contributed by atoms with Crippen LogP contribution < -0.4 is 0 Å². The number of aromatic carboxylic acids is 1. The molecule has 2 aromatic rings. The van der Waals surface area contributed by atoms with E-state index in [0.717, 1.165) is 4.34 Å². The lowest BCUT2D eigenvalue weighted by atomic mass is 10.3. The van der Waals surface area contributed by atoms with Crippen molar-refractivity contribution in [1.82, 2.24) is 14.8 Å². The minimum atomic E-state index is -0.954. The monoisotopic (exact) mass is 255 g/mol. The summed E-state index contributed by atoms with van der Waals surface area (Å²) in [5.74, 6) is -0.954. The Morgan fingerprint density at radius 1 is 1.62 bits per heavy atom. The van der Waals surface area contributed by atoms with Crippen molar-refractivity contribution in [2.45, 2.75) is 16.3 Å². The van der Waals surface area contributed by atoms with Crippen LogP contribution >= 0.6 is 23.1 Å². The van der Waals surface area contributed by atoms with Gasteiger partial charge in [0.15, 0.2) is 4.34 Å². The maximum absolute atomic E-state index is 11.1. The lowest BCUT2D eigenvalue weighted by Crippen LogP contribution is -2.00. The van der Waals surface area contributed by atoms with Crippen LogP contribution in [0.4, 0.5) is 0 Å². The van der Waals surface area contributed by atoms with Crippen molar-refractivity contribution in [2.75, 3.05) is 0 Å². The van der Waals surface area contributed by atoms with Gasteiger partial charge >= 0.3 is 5.97 Å². The molecule has 2 heterocycles. The van der Waals surface area contributed by atoms with Gasteiger partial charge in [-0.25, -0.2) is 9.78 Å². The summed E-state index contributed by atoms with van der Waals surface area (Å²) in [5.41, 5.74) is 0.775. The zero-order chi connectivity index (χ0) is 11.7. The normalized spacial score (nSPS) is 10.6. The second kappa shape index (κ2) is 4.26. The van der Waals surface area contributed by atoms with Crippen LogP contribution in [-0.4, -0.2) is 25.8 Å². The average Bonchev–Trinajstić information content (AvgIpc) is 2.76. The van der Waals surface area contributed by atoms with Gasteiger partial charge in [0.2, 0.25) is 0 Å². The highest BCUT2D eigenvalue weighted by Crippen LogP contribution is 2.32. The molecule has 1 N–H and O–H groups in total. The van der Waals surface area contributed by atoms with E-state index in [1.165, 1.54) is 23.1 Å². The van der Waals surface area contributed by atoms with Gasteiger partial charge in [-0.2, -0.15) is 5.10 Å². The van der Waals surface area contributed by atoms with E-state index in [0.29, 0.717) is 10.7 Å². The van der Waals surface area contributed by atoms with Gasteiger partial charge in [0.05, 0.1) is 5.69 Å². The Kier molecular flexibility index (Phi) is 2.97. The standard InChI is InChI=1S/C9H9N3O2S2/c1-5-6(8(13)14)7(12(2)11-5)16-9-10-3-4-15-9/h3-4H,1-2H3,(H,13,14). The maximum Gasteiger partial charge on any atom is 0.340 e. The fourth-order valence-corrected chi connectivity index (χ4v) is 3.09. The van der Waals surface area contributed by atoms with E-state index >= 15 is 0 Å². The van der Waals surface area contributed by atoms with Crippen LogP contribution in [0.2, 0.25) is 0 Å². The number of carboxylic acid groups (broad SMARTS) is 1. The molecule has 0 spiro atoms. The van der Waals surface area contributed by atoms with Crippen LogP contribution in [0.1, 0.15) is 16.1 Å². The number of aromatic nitrogens is 3. The number of carboxylic acids is 1. The number of rotatable bonds is 3. The molecule has 16 heavy (non-hydrogen) atoms. The Labute approximate surface area is 100 Å². The van der Waals surface area contributed by atoms with Gasteiger partial charge in [-0.05, 0) is 18.7 Å². The molecule has 84 valence electrons. The minimum absolute atomic E-state index is 0.253. The van der Waals surface area contributed by atoms with Gasteiger partial charge in [-0.3, -0.25) is 4.68 Å². The number of nitrogens with zero attached hydrogens (tertiary/aromatic N) is 3. The molecule has 0 bridgehead atoms. The second-order valence-corrected chi connectivity index (χ2v) is 5.22. The highest BCUT2D eigenvalue weighted by atomic mass is 32.2. The molecule has 0 fully saturated rings. The van der Waals surface area contributed by atoms with Crippen molar-refractivity contribution in [3.63, 3.8) is 0 Å². The Hall–Kier alpha value is -1.34. The molecule has 0 unspecified atom stereocenters. The molecule has 0 aliphatic rings. The predicted molar refractivity (Wildman–Crippen MR) is 61.1 cm³/mol. The molecule has 0 aromatic carbocycles. The van der Waals surface area contributed by atoms with Gasteiger partial charge in [-0.1, -0.05) is 0 Å². The van der Waals surface area contributed by atoms with Crippen molar-refractivity contribution in [3.05, 3.63) is 22.8 Å². The van der Waals surface area contributed by atoms with E-state index in [9.17, 15) is 4.79 Å². The lowest BCUT2D eigenvalue weighted by molar-refractivity contribution is 0.0692. The smallest absolute Gasteiger partial charge is 0.340 e. The van der Waals surface area contributed by atoms with Crippen LogP contribution in [0, 0.1) is 6.92 Å². The highest BCUT2D eigenvalue weighted by Gasteiger charge is 2.20. The largest absolute Gasteiger partial charge is 0.478 e. The molecular weight excluding hydrogens is 246 g/mol. The van der Waals surface area contributed by atoms with Crippen molar-refractivity contribution in [2.24, 2.45) is 7.05 Å². The van der Waals surface area contributed by atoms with E-state index in [4.69, 9.17) is 5.11 Å². The SMILES string of the molecule is Cc1nn(C)c(Sc2nccs2)c1C(=O)O. The number of thiazole rings is 1. The molecule has 0 radical (unpaired) electrons. The van der Waals surface area contributed by atoms with Crippen LogP contribution in [0.5, 0.6) is 0 Å². The molecule has 0 saturated heterocycles. The van der Waals surface area contributed by atoms with Gasteiger partial charge in [-0.15, -0.1) is 11.3 Å². The Morgan fingerprint density at radius 3 is 2.94 bits per heavy atom. The summed E-state index contributed by atoms with van der Waals surface area (Å²) in [6.07, 6.45) is 1.69. The van der Waals surface area contributed by atoms with Gasteiger partial charge in [0.25, 0.3) is 0 Å². The third-order valence-electron chi connectivity index (χ3n) is 1.98. The molecular formula is C9H9N3O2S2. The third-order valence-corrected chi connectivity index (χ3v) is 4.02. The highest BCUT2D eigenvalue weighted by molar-refractivity contribution is 8.01. The zero-order valence-electron chi connectivity index (χ0n) is 8.67. The fourth-order valence-electron chi connectivity index (χ4n) is 1.34. The van der Waals surface area contributed by atoms with E-state index in [2.05, 4.69) is 10.1 Å². The topological polar surface area (TPSA) is 68.0 Å². The van der Waals surface area contributed by atoms with Gasteiger partial charge in [0, 0.05) is 18.6 Å². The van der Waals surface area contributed by atoms with E-state index in [1.807, 2.05) is 5.38 Å². The molecule has 2 rings (SSSR count). The van der Waals surface area contributed by atoms with Crippen molar-refractivity contribution in [3.8, 4) is 0 Å². The number of carbonyl (C=O) groups is 1. The molecule has 0 aliphatic carbocycles. The van der Waals surface area contributed by atoms with Crippen LogP contribution in [0.3, 0.4) is 0 Å². The average molecular weight is 255 g/mol. The summed E-state index contributed by atoms with van der Waals surface area (Å²) in [4.78, 5) is 15.2. The van der Waals surface area contributed by atoms with Crippen molar-refractivity contribution < 1.29 is 9.90 Å². The molecule has 0 atom stereocenters. The first-order valence-electron chi connectivity index (χ1n) is 4.44. The summed E-state index contributed by atoms with van der Waals surface area (Å²) >= 11 is 2.80. The first-order chi connectivity index (χ1) is 7.59. The number of hydrogen-bond acceptors (Lipinski definition) is 5. The van der Waals surface area contributed by atoms with Crippen LogP contribution in [0.15, 0.2) is 20.9 Å². The molecule has 0 amide bonds. The van der Waals surface area contributed by atoms with Crippen LogP contribution in [0.25, 0.3) is 0 Å². The van der Waals surface area contributed by atoms with Crippen molar-refractivity contribution >= 4 is 29.1 Å². The molecule has 0 saturated carbocycles. The van der Waals surface area contributed by atoms with E-state index < -0.39 is 5.97 Å². The van der Waals surface area contributed by atoms with E-state index in [1.54, 1.807) is 24.9 Å². The Morgan fingerprint density at radius 2 is 2.38 bits per heavy atom. The first-order valence-corrected chi connectivity index (χ1v) is 6.13. The number of aryl methyl sites for hydroxylation is 2. The molecule has 0 aliphatic heterocycles. The zero-order valence-corrected chi connectivity index (χ0v) is 10.3. The first kappa shape index (κ1) is 11.2. The molecule has 2 aromatic heterocycles. The second-order valence-electron chi connectivity index (χ2n) is 3.09. The third kappa shape index (κ3) is 1.96. The quantitative estimate of drug-likeness (QED) is 0.909. The van der Waals surface area contributed by atoms with Crippen LogP contribution in [-0.2, 0) is 7.05 Å². The maximum atomic E-state index is 11.1. The van der Waals surface area contributed by atoms with Crippen molar-refractivity contribution in [1.29, 1.82) is 0 Å². The Bertz CT molecular complexity index is 519. The molecule has 7 heteroatoms. The predicted octanol–water partition coefficient (Wildman–Crippen LogP) is 2.03. The Balaban J connectivity index is 2.43. The van der Waals surface area contributed by atoms with Gasteiger partial charge < -0.3 is 5.11 Å². The summed E-state index contributed by atoms with van der Waals surface area (Å²) in [6.45, 7) is 1.69. The summed E-state index contributed by atoms with van der Waals surface area (Å²) in [5, 5.41) is 15.7. The van der Waals surface area contributed by atoms with Gasteiger partial charge in [0.1, 0.15) is 10.6 Å². The minimum Gasteiger partial charge on any atom is -0.478 e. The number of hydrogen-bond donors (Lipinski definition) is 1. The summed E-state index contributed by atoms with van der Waals surface area (Å²) < 4.78 is 2.38.